The summed E-state index contributed by atoms with van der Waals surface area (Å²) in [7, 11) is 3.60. The van der Waals surface area contributed by atoms with Gasteiger partial charge < -0.3 is 10.5 Å². The highest BCUT2D eigenvalue weighted by Gasteiger charge is 2.16. The zero-order chi connectivity index (χ0) is 14.9. The van der Waals surface area contributed by atoms with Crippen LogP contribution in [0.15, 0.2) is 12.3 Å². The molecule has 2 aromatic rings. The van der Waals surface area contributed by atoms with E-state index in [0.29, 0.717) is 6.42 Å². The topological polar surface area (TPSA) is 66.0 Å². The standard InChI is InChI=1S/C15H22N4O/c1-9-8-17-13(11(3)15(9)20-5)7-12(16)14-6-10(2)18-19(14)4/h6,8,12H,7,16H2,1-5H3. The van der Waals surface area contributed by atoms with E-state index < -0.39 is 0 Å². The Morgan fingerprint density at radius 2 is 2.05 bits per heavy atom. The maximum atomic E-state index is 6.30. The van der Waals surface area contributed by atoms with E-state index in [2.05, 4.69) is 10.1 Å². The van der Waals surface area contributed by atoms with Crippen molar-refractivity contribution in [2.45, 2.75) is 33.2 Å². The second kappa shape index (κ2) is 5.63. The molecule has 1 unspecified atom stereocenters. The maximum absolute atomic E-state index is 6.30. The molecule has 5 nitrogen and oxygen atoms in total. The van der Waals surface area contributed by atoms with Crippen LogP contribution in [0.25, 0.3) is 0 Å². The summed E-state index contributed by atoms with van der Waals surface area (Å²) < 4.78 is 7.27. The van der Waals surface area contributed by atoms with Crippen LogP contribution in [0.5, 0.6) is 5.75 Å². The number of aryl methyl sites for hydroxylation is 3. The van der Waals surface area contributed by atoms with Crippen LogP contribution in [0.4, 0.5) is 0 Å². The number of ether oxygens (including phenoxy) is 1. The number of methoxy groups -OCH3 is 1. The van der Waals surface area contributed by atoms with E-state index in [0.717, 1.165) is 34.0 Å². The zero-order valence-electron chi connectivity index (χ0n) is 12.8. The van der Waals surface area contributed by atoms with Crippen molar-refractivity contribution in [3.05, 3.63) is 40.5 Å². The van der Waals surface area contributed by atoms with E-state index >= 15 is 0 Å². The first kappa shape index (κ1) is 14.5. The van der Waals surface area contributed by atoms with E-state index in [4.69, 9.17) is 10.5 Å². The summed E-state index contributed by atoms with van der Waals surface area (Å²) in [5.74, 6) is 0.892. The minimum Gasteiger partial charge on any atom is -0.496 e. The summed E-state index contributed by atoms with van der Waals surface area (Å²) in [6.07, 6.45) is 2.50. The van der Waals surface area contributed by atoms with Crippen LogP contribution in [0, 0.1) is 20.8 Å². The summed E-state index contributed by atoms with van der Waals surface area (Å²) in [4.78, 5) is 4.50. The second-order valence-corrected chi connectivity index (χ2v) is 5.19. The van der Waals surface area contributed by atoms with E-state index in [1.54, 1.807) is 7.11 Å². The lowest BCUT2D eigenvalue weighted by molar-refractivity contribution is 0.406. The minimum absolute atomic E-state index is 0.125. The highest BCUT2D eigenvalue weighted by atomic mass is 16.5. The van der Waals surface area contributed by atoms with Crippen molar-refractivity contribution < 1.29 is 4.74 Å². The first-order valence-corrected chi connectivity index (χ1v) is 6.69. The Kier molecular flexibility index (Phi) is 4.09. The number of hydrogen-bond donors (Lipinski definition) is 1. The van der Waals surface area contributed by atoms with Crippen molar-refractivity contribution in [3.8, 4) is 5.75 Å². The van der Waals surface area contributed by atoms with Gasteiger partial charge in [0.1, 0.15) is 5.75 Å². The third-order valence-corrected chi connectivity index (χ3v) is 3.58. The van der Waals surface area contributed by atoms with Gasteiger partial charge in [-0.1, -0.05) is 0 Å². The number of nitrogens with zero attached hydrogens (tertiary/aromatic N) is 3. The molecule has 0 aliphatic rings. The molecule has 2 N–H and O–H groups in total. The van der Waals surface area contributed by atoms with Crippen LogP contribution in [0.2, 0.25) is 0 Å². The summed E-state index contributed by atoms with van der Waals surface area (Å²) in [6.45, 7) is 5.98. The Labute approximate surface area is 119 Å². The molecule has 0 radical (unpaired) electrons. The predicted octanol–water partition coefficient (Wildman–Crippen LogP) is 1.99. The lowest BCUT2D eigenvalue weighted by atomic mass is 10.0. The normalized spacial score (nSPS) is 12.5. The summed E-state index contributed by atoms with van der Waals surface area (Å²) >= 11 is 0. The molecule has 0 fully saturated rings. The van der Waals surface area contributed by atoms with Crippen LogP contribution in [-0.2, 0) is 13.5 Å². The highest BCUT2D eigenvalue weighted by molar-refractivity contribution is 5.41. The zero-order valence-corrected chi connectivity index (χ0v) is 12.8. The minimum atomic E-state index is -0.125. The number of hydrogen-bond acceptors (Lipinski definition) is 4. The van der Waals surface area contributed by atoms with Crippen molar-refractivity contribution in [3.63, 3.8) is 0 Å². The van der Waals surface area contributed by atoms with Crippen molar-refractivity contribution >= 4 is 0 Å². The Morgan fingerprint density at radius 1 is 1.35 bits per heavy atom. The fraction of sp³-hybridized carbons (Fsp3) is 0.467. The fourth-order valence-electron chi connectivity index (χ4n) is 2.57. The first-order valence-electron chi connectivity index (χ1n) is 6.69. The molecule has 0 amide bonds. The first-order chi connectivity index (χ1) is 9.43. The van der Waals surface area contributed by atoms with Gasteiger partial charge in [-0.2, -0.15) is 5.10 Å². The third kappa shape index (κ3) is 2.67. The molecule has 0 bridgehead atoms. The summed E-state index contributed by atoms with van der Waals surface area (Å²) in [5, 5.41) is 4.34. The van der Waals surface area contributed by atoms with Gasteiger partial charge in [-0.05, 0) is 26.8 Å². The molecule has 2 rings (SSSR count). The molecule has 0 saturated carbocycles. The molecule has 5 heteroatoms. The smallest absolute Gasteiger partial charge is 0.128 e. The van der Waals surface area contributed by atoms with Gasteiger partial charge in [0.25, 0.3) is 0 Å². The molecule has 20 heavy (non-hydrogen) atoms. The molecule has 0 aliphatic carbocycles. The Bertz CT molecular complexity index is 619. The second-order valence-electron chi connectivity index (χ2n) is 5.19. The molecule has 0 aromatic carbocycles. The quantitative estimate of drug-likeness (QED) is 0.926. The molecule has 0 aliphatic heterocycles. The van der Waals surface area contributed by atoms with Crippen molar-refractivity contribution in [2.24, 2.45) is 12.8 Å². The van der Waals surface area contributed by atoms with Crippen LogP contribution < -0.4 is 10.5 Å². The Hall–Kier alpha value is -1.88. The van der Waals surface area contributed by atoms with Gasteiger partial charge in [0.15, 0.2) is 0 Å². The molecule has 108 valence electrons. The molecular weight excluding hydrogens is 252 g/mol. The lowest BCUT2D eigenvalue weighted by Crippen LogP contribution is -2.18. The Morgan fingerprint density at radius 3 is 2.60 bits per heavy atom. The van der Waals surface area contributed by atoms with E-state index in [1.165, 1.54) is 0 Å². The third-order valence-electron chi connectivity index (χ3n) is 3.58. The molecule has 1 atom stereocenters. The summed E-state index contributed by atoms with van der Waals surface area (Å²) in [6, 6.07) is 1.89. The van der Waals surface area contributed by atoms with Gasteiger partial charge in [-0.15, -0.1) is 0 Å². The van der Waals surface area contributed by atoms with Crippen molar-refractivity contribution in [1.82, 2.24) is 14.8 Å². The number of rotatable bonds is 4. The van der Waals surface area contributed by atoms with Crippen LogP contribution >= 0.6 is 0 Å². The highest BCUT2D eigenvalue weighted by Crippen LogP contribution is 2.26. The number of pyridine rings is 1. The molecule has 2 aromatic heterocycles. The van der Waals surface area contributed by atoms with Gasteiger partial charge in [0.2, 0.25) is 0 Å². The Balaban J connectivity index is 2.28. The van der Waals surface area contributed by atoms with Gasteiger partial charge in [-0.25, -0.2) is 0 Å². The van der Waals surface area contributed by atoms with Crippen molar-refractivity contribution in [1.29, 1.82) is 0 Å². The monoisotopic (exact) mass is 274 g/mol. The summed E-state index contributed by atoms with van der Waals surface area (Å²) in [5.41, 5.74) is 11.4. The lowest BCUT2D eigenvalue weighted by Gasteiger charge is -2.16. The predicted molar refractivity (Wildman–Crippen MR) is 78.8 cm³/mol. The van der Waals surface area contributed by atoms with Crippen LogP contribution in [-0.4, -0.2) is 21.9 Å². The molecule has 0 spiro atoms. The largest absolute Gasteiger partial charge is 0.496 e. The maximum Gasteiger partial charge on any atom is 0.128 e. The molecular formula is C15H22N4O. The number of nitrogens with two attached hydrogens (primary N) is 1. The number of aromatic nitrogens is 3. The van der Waals surface area contributed by atoms with Crippen LogP contribution in [0.3, 0.4) is 0 Å². The molecule has 0 saturated heterocycles. The van der Waals surface area contributed by atoms with Crippen molar-refractivity contribution in [2.75, 3.05) is 7.11 Å². The van der Waals surface area contributed by atoms with Gasteiger partial charge >= 0.3 is 0 Å². The van der Waals surface area contributed by atoms with E-state index in [9.17, 15) is 0 Å². The van der Waals surface area contributed by atoms with Gasteiger partial charge in [0.05, 0.1) is 24.5 Å². The fourth-order valence-corrected chi connectivity index (χ4v) is 2.57. The average Bonchev–Trinajstić information content (AvgIpc) is 2.73. The van der Waals surface area contributed by atoms with Gasteiger partial charge in [0, 0.05) is 36.5 Å². The average molecular weight is 274 g/mol. The van der Waals surface area contributed by atoms with E-state index in [1.807, 2.05) is 44.8 Å². The van der Waals surface area contributed by atoms with E-state index in [-0.39, 0.29) is 6.04 Å². The SMILES string of the molecule is COc1c(C)cnc(CC(N)c2cc(C)nn2C)c1C. The van der Waals surface area contributed by atoms with Gasteiger partial charge in [-0.3, -0.25) is 9.67 Å². The molecule has 2 heterocycles. The van der Waals surface area contributed by atoms with Crippen LogP contribution in [0.1, 0.15) is 34.3 Å².